The Balaban J connectivity index is 1.93. The van der Waals surface area contributed by atoms with Gasteiger partial charge in [0.25, 0.3) is 5.91 Å². The number of halogens is 2. The summed E-state index contributed by atoms with van der Waals surface area (Å²) in [6, 6.07) is 21.6. The van der Waals surface area contributed by atoms with Crippen LogP contribution in [0.2, 0.25) is 5.02 Å². The Bertz CT molecular complexity index is 1130. The minimum atomic E-state index is -0.867. The molecule has 184 valence electrons. The average Bonchev–Trinajstić information content (AvgIpc) is 2.87. The van der Waals surface area contributed by atoms with Crippen molar-refractivity contribution < 1.29 is 18.7 Å². The number of rotatable bonds is 11. The second-order valence-electron chi connectivity index (χ2n) is 8.36. The van der Waals surface area contributed by atoms with E-state index in [1.165, 1.54) is 11.0 Å². The van der Waals surface area contributed by atoms with Gasteiger partial charge in [0.05, 0.1) is 5.02 Å². The van der Waals surface area contributed by atoms with E-state index in [-0.39, 0.29) is 31.5 Å². The molecule has 0 saturated carbocycles. The number of amides is 2. The summed E-state index contributed by atoms with van der Waals surface area (Å²) < 4.78 is 20.3. The average molecular weight is 497 g/mol. The number of hydrogen-bond acceptors (Lipinski definition) is 3. The maximum atomic E-state index is 14.6. The Hall–Kier alpha value is -3.38. The minimum absolute atomic E-state index is 0.0782. The fourth-order valence-corrected chi connectivity index (χ4v) is 3.78. The summed E-state index contributed by atoms with van der Waals surface area (Å²) in [5.74, 6) is -0.839. The van der Waals surface area contributed by atoms with Crippen LogP contribution < -0.4 is 10.1 Å². The number of nitrogens with zero attached hydrogens (tertiary/aromatic N) is 1. The lowest BCUT2D eigenvalue weighted by Crippen LogP contribution is -2.53. The van der Waals surface area contributed by atoms with Gasteiger partial charge in [-0.05, 0) is 37.1 Å². The molecule has 0 fully saturated rings. The Morgan fingerprint density at radius 3 is 2.34 bits per heavy atom. The van der Waals surface area contributed by atoms with E-state index in [9.17, 15) is 14.0 Å². The van der Waals surface area contributed by atoms with Crippen LogP contribution in [0.5, 0.6) is 5.75 Å². The number of carbonyl (C=O) groups excluding carboxylic acids is 2. The van der Waals surface area contributed by atoms with Gasteiger partial charge in [0.1, 0.15) is 17.6 Å². The maximum absolute atomic E-state index is 14.6. The van der Waals surface area contributed by atoms with Gasteiger partial charge in [-0.1, -0.05) is 79.2 Å². The third-order valence-corrected chi connectivity index (χ3v) is 6.07. The third kappa shape index (κ3) is 7.55. The second-order valence-corrected chi connectivity index (χ2v) is 8.76. The van der Waals surface area contributed by atoms with Crippen LogP contribution in [-0.2, 0) is 22.6 Å². The molecule has 0 heterocycles. The van der Waals surface area contributed by atoms with Crippen molar-refractivity contribution in [2.75, 3.05) is 6.61 Å². The summed E-state index contributed by atoms with van der Waals surface area (Å²) >= 11 is 6.17. The van der Waals surface area contributed by atoms with Crippen molar-refractivity contribution in [3.8, 4) is 5.75 Å². The van der Waals surface area contributed by atoms with Gasteiger partial charge in [0, 0.05) is 24.6 Å². The SMILES string of the molecule is CCC(C)NC(=O)C(Cc1ccccc1)N(Cc1ccccc1F)C(=O)COc1ccccc1Cl. The molecule has 35 heavy (non-hydrogen) atoms. The zero-order valence-corrected chi connectivity index (χ0v) is 20.7. The van der Waals surface area contributed by atoms with Crippen LogP contribution in [0, 0.1) is 5.82 Å². The van der Waals surface area contributed by atoms with Crippen LogP contribution in [0.3, 0.4) is 0 Å². The molecular formula is C28H30ClFN2O3. The Morgan fingerprint density at radius 1 is 1.00 bits per heavy atom. The predicted octanol–water partition coefficient (Wildman–Crippen LogP) is 5.41. The molecule has 7 heteroatoms. The maximum Gasteiger partial charge on any atom is 0.261 e. The highest BCUT2D eigenvalue weighted by molar-refractivity contribution is 6.32. The molecule has 0 aliphatic heterocycles. The molecule has 3 aromatic carbocycles. The third-order valence-electron chi connectivity index (χ3n) is 5.76. The van der Waals surface area contributed by atoms with Crippen LogP contribution in [0.15, 0.2) is 78.9 Å². The van der Waals surface area contributed by atoms with E-state index in [0.717, 1.165) is 12.0 Å². The van der Waals surface area contributed by atoms with E-state index in [1.54, 1.807) is 42.5 Å². The van der Waals surface area contributed by atoms with Crippen LogP contribution in [0.1, 0.15) is 31.4 Å². The highest BCUT2D eigenvalue weighted by atomic mass is 35.5. The summed E-state index contributed by atoms with van der Waals surface area (Å²) in [7, 11) is 0. The zero-order valence-electron chi connectivity index (χ0n) is 19.9. The summed E-state index contributed by atoms with van der Waals surface area (Å²) in [5.41, 5.74) is 1.20. The van der Waals surface area contributed by atoms with Crippen molar-refractivity contribution in [2.45, 2.75) is 45.3 Å². The van der Waals surface area contributed by atoms with Crippen LogP contribution in [0.4, 0.5) is 4.39 Å². The highest BCUT2D eigenvalue weighted by Gasteiger charge is 2.31. The summed E-state index contributed by atoms with van der Waals surface area (Å²) in [5, 5.41) is 3.35. The van der Waals surface area contributed by atoms with Gasteiger partial charge < -0.3 is 15.0 Å². The lowest BCUT2D eigenvalue weighted by molar-refractivity contribution is -0.143. The first-order valence-corrected chi connectivity index (χ1v) is 12.0. The van der Waals surface area contributed by atoms with Gasteiger partial charge in [0.2, 0.25) is 5.91 Å². The first kappa shape index (κ1) is 26.2. The first-order chi connectivity index (χ1) is 16.9. The van der Waals surface area contributed by atoms with Crippen LogP contribution in [0.25, 0.3) is 0 Å². The van der Waals surface area contributed by atoms with E-state index in [4.69, 9.17) is 16.3 Å². The number of carbonyl (C=O) groups is 2. The molecule has 2 unspecified atom stereocenters. The molecule has 0 radical (unpaired) electrons. The Labute approximate surface area is 210 Å². The standard InChI is InChI=1S/C28H30ClFN2O3/c1-3-20(2)31-28(34)25(17-21-11-5-4-6-12-21)32(18-22-13-7-9-15-24(22)30)27(33)19-35-26-16-10-8-14-23(26)29/h4-16,20,25H,3,17-19H2,1-2H3,(H,31,34). The van der Waals surface area contributed by atoms with Crippen molar-refractivity contribution in [2.24, 2.45) is 0 Å². The lowest BCUT2D eigenvalue weighted by atomic mass is 10.0. The van der Waals surface area contributed by atoms with E-state index in [1.807, 2.05) is 44.2 Å². The Kier molecular flexibility index (Phi) is 9.67. The number of hydrogen-bond donors (Lipinski definition) is 1. The molecule has 0 aliphatic rings. The molecule has 0 bridgehead atoms. The largest absolute Gasteiger partial charge is 0.482 e. The molecule has 0 aliphatic carbocycles. The van der Waals surface area contributed by atoms with Gasteiger partial charge in [0.15, 0.2) is 6.61 Å². The molecule has 0 aromatic heterocycles. The lowest BCUT2D eigenvalue weighted by Gasteiger charge is -2.32. The van der Waals surface area contributed by atoms with Crippen molar-refractivity contribution >= 4 is 23.4 Å². The molecule has 2 atom stereocenters. The molecule has 2 amide bonds. The van der Waals surface area contributed by atoms with E-state index in [2.05, 4.69) is 5.32 Å². The van der Waals surface area contributed by atoms with E-state index < -0.39 is 17.8 Å². The summed E-state index contributed by atoms with van der Waals surface area (Å²) in [4.78, 5) is 28.3. The monoisotopic (exact) mass is 496 g/mol. The van der Waals surface area contributed by atoms with E-state index >= 15 is 0 Å². The molecule has 3 aromatic rings. The summed E-state index contributed by atoms with van der Waals surface area (Å²) in [6.07, 6.45) is 1.01. The Morgan fingerprint density at radius 2 is 1.66 bits per heavy atom. The van der Waals surface area contributed by atoms with Crippen molar-refractivity contribution in [3.05, 3.63) is 101 Å². The van der Waals surface area contributed by atoms with Gasteiger partial charge in [-0.3, -0.25) is 9.59 Å². The normalized spacial score (nSPS) is 12.5. The van der Waals surface area contributed by atoms with Gasteiger partial charge >= 0.3 is 0 Å². The molecule has 3 rings (SSSR count). The fourth-order valence-electron chi connectivity index (χ4n) is 3.59. The molecule has 0 saturated heterocycles. The topological polar surface area (TPSA) is 58.6 Å². The fraction of sp³-hybridized carbons (Fsp3) is 0.286. The smallest absolute Gasteiger partial charge is 0.261 e. The molecule has 0 spiro atoms. The number of benzene rings is 3. The second kappa shape index (κ2) is 12.9. The van der Waals surface area contributed by atoms with E-state index in [0.29, 0.717) is 16.3 Å². The highest BCUT2D eigenvalue weighted by Crippen LogP contribution is 2.24. The van der Waals surface area contributed by atoms with Crippen molar-refractivity contribution in [1.29, 1.82) is 0 Å². The number of ether oxygens (including phenoxy) is 1. The zero-order chi connectivity index (χ0) is 25.2. The molecule has 1 N–H and O–H groups in total. The quantitative estimate of drug-likeness (QED) is 0.386. The van der Waals surface area contributed by atoms with Gasteiger partial charge in [-0.15, -0.1) is 0 Å². The number of para-hydroxylation sites is 1. The van der Waals surface area contributed by atoms with Gasteiger partial charge in [-0.2, -0.15) is 0 Å². The molecule has 5 nitrogen and oxygen atoms in total. The van der Waals surface area contributed by atoms with Crippen LogP contribution in [-0.4, -0.2) is 35.4 Å². The van der Waals surface area contributed by atoms with Gasteiger partial charge in [-0.25, -0.2) is 4.39 Å². The van der Waals surface area contributed by atoms with Crippen LogP contribution >= 0.6 is 11.6 Å². The predicted molar refractivity (Wildman–Crippen MR) is 136 cm³/mol. The van der Waals surface area contributed by atoms with Crippen molar-refractivity contribution in [3.63, 3.8) is 0 Å². The summed E-state index contributed by atoms with van der Waals surface area (Å²) in [6.45, 7) is 3.45. The van der Waals surface area contributed by atoms with Crippen molar-refractivity contribution in [1.82, 2.24) is 10.2 Å². The minimum Gasteiger partial charge on any atom is -0.482 e. The molecular weight excluding hydrogens is 467 g/mol. The number of nitrogens with one attached hydrogen (secondary N) is 1. The first-order valence-electron chi connectivity index (χ1n) is 11.6.